The van der Waals surface area contributed by atoms with E-state index >= 15 is 0 Å². The third-order valence-electron chi connectivity index (χ3n) is 4.44. The van der Waals surface area contributed by atoms with Crippen molar-refractivity contribution in [3.8, 4) is 17.2 Å². The minimum atomic E-state index is -0.0527. The van der Waals surface area contributed by atoms with Crippen molar-refractivity contribution in [2.75, 3.05) is 14.2 Å². The third kappa shape index (κ3) is 4.01. The van der Waals surface area contributed by atoms with E-state index in [2.05, 4.69) is 0 Å². The lowest BCUT2D eigenvalue weighted by Gasteiger charge is -2.20. The van der Waals surface area contributed by atoms with Gasteiger partial charge < -0.3 is 19.9 Å². The Bertz CT molecular complexity index is 668. The van der Waals surface area contributed by atoms with Crippen molar-refractivity contribution in [2.45, 2.75) is 31.9 Å². The fourth-order valence-corrected chi connectivity index (χ4v) is 2.87. The Hall–Kier alpha value is -2.20. The summed E-state index contributed by atoms with van der Waals surface area (Å²) in [6, 6.07) is 13.9. The van der Waals surface area contributed by atoms with Gasteiger partial charge in [-0.05, 0) is 24.0 Å². The van der Waals surface area contributed by atoms with Crippen LogP contribution in [0.3, 0.4) is 0 Å². The first-order valence-corrected chi connectivity index (χ1v) is 8.39. The van der Waals surface area contributed by atoms with Gasteiger partial charge in [-0.2, -0.15) is 0 Å². The van der Waals surface area contributed by atoms with Gasteiger partial charge in [0.05, 0.1) is 14.2 Å². The largest absolute Gasteiger partial charge is 0.493 e. The van der Waals surface area contributed by atoms with Crippen molar-refractivity contribution < 1.29 is 14.2 Å². The summed E-state index contributed by atoms with van der Waals surface area (Å²) in [6.07, 6.45) is 3.54. The van der Waals surface area contributed by atoms with Crippen LogP contribution >= 0.6 is 0 Å². The van der Waals surface area contributed by atoms with Crippen molar-refractivity contribution in [1.82, 2.24) is 0 Å². The normalized spacial score (nSPS) is 15.0. The molecule has 0 unspecified atom stereocenters. The molecule has 4 nitrogen and oxygen atoms in total. The molecule has 24 heavy (non-hydrogen) atoms. The Morgan fingerprint density at radius 3 is 2.29 bits per heavy atom. The van der Waals surface area contributed by atoms with Gasteiger partial charge in [0.15, 0.2) is 11.5 Å². The van der Waals surface area contributed by atoms with Crippen LogP contribution in [0.15, 0.2) is 42.5 Å². The molecule has 1 saturated carbocycles. The Kier molecular flexibility index (Phi) is 5.26. The van der Waals surface area contributed by atoms with E-state index in [4.69, 9.17) is 19.9 Å². The molecule has 1 aliphatic carbocycles. The van der Waals surface area contributed by atoms with Crippen LogP contribution in [-0.2, 0) is 6.61 Å². The minimum Gasteiger partial charge on any atom is -0.493 e. The highest BCUT2D eigenvalue weighted by atomic mass is 16.5. The Balaban J connectivity index is 1.85. The fourth-order valence-electron chi connectivity index (χ4n) is 2.87. The number of ether oxygens (including phenoxy) is 3. The number of hydrogen-bond donors (Lipinski definition) is 1. The van der Waals surface area contributed by atoms with Gasteiger partial charge in [0, 0.05) is 17.7 Å². The van der Waals surface area contributed by atoms with Crippen LogP contribution in [-0.4, -0.2) is 14.2 Å². The Morgan fingerprint density at radius 1 is 1.00 bits per heavy atom. The predicted octanol–water partition coefficient (Wildman–Crippen LogP) is 4.08. The second kappa shape index (κ2) is 7.58. The first kappa shape index (κ1) is 16.7. The highest BCUT2D eigenvalue weighted by molar-refractivity contribution is 5.52. The first-order chi connectivity index (χ1) is 11.7. The number of nitrogens with two attached hydrogens (primary N) is 1. The van der Waals surface area contributed by atoms with Crippen LogP contribution in [0.4, 0.5) is 0 Å². The van der Waals surface area contributed by atoms with E-state index in [0.29, 0.717) is 18.1 Å². The summed E-state index contributed by atoms with van der Waals surface area (Å²) < 4.78 is 16.9. The van der Waals surface area contributed by atoms with Gasteiger partial charge in [0.25, 0.3) is 0 Å². The van der Waals surface area contributed by atoms with Crippen LogP contribution in [0, 0.1) is 5.92 Å². The molecule has 2 N–H and O–H groups in total. The van der Waals surface area contributed by atoms with Gasteiger partial charge in [0.1, 0.15) is 12.4 Å². The summed E-state index contributed by atoms with van der Waals surface area (Å²) in [5.41, 5.74) is 8.55. The summed E-state index contributed by atoms with van der Waals surface area (Å²) in [5.74, 6) is 2.86. The standard InChI is InChI=1S/C20H25NO3/c1-22-19-11-16(17(21)10-14-8-9-14)18(12-20(19)23-2)24-13-15-6-4-3-5-7-15/h3-7,11-12,14,17H,8-10,13,21H2,1-2H3/t17-/m1/s1. The molecule has 0 amide bonds. The summed E-state index contributed by atoms with van der Waals surface area (Å²) in [6.45, 7) is 0.499. The Morgan fingerprint density at radius 2 is 1.67 bits per heavy atom. The van der Waals surface area contributed by atoms with Crippen molar-refractivity contribution in [3.63, 3.8) is 0 Å². The molecule has 1 atom stereocenters. The molecule has 0 bridgehead atoms. The third-order valence-corrected chi connectivity index (χ3v) is 4.44. The summed E-state index contributed by atoms with van der Waals surface area (Å²) in [7, 11) is 3.27. The smallest absolute Gasteiger partial charge is 0.164 e. The van der Waals surface area contributed by atoms with E-state index < -0.39 is 0 Å². The average molecular weight is 327 g/mol. The number of benzene rings is 2. The van der Waals surface area contributed by atoms with E-state index in [1.54, 1.807) is 14.2 Å². The van der Waals surface area contributed by atoms with E-state index in [9.17, 15) is 0 Å². The van der Waals surface area contributed by atoms with Gasteiger partial charge in [-0.15, -0.1) is 0 Å². The molecule has 2 aromatic rings. The molecule has 0 saturated heterocycles. The number of hydrogen-bond acceptors (Lipinski definition) is 4. The van der Waals surface area contributed by atoms with Gasteiger partial charge in [0.2, 0.25) is 0 Å². The lowest BCUT2D eigenvalue weighted by Crippen LogP contribution is -2.13. The predicted molar refractivity (Wildman–Crippen MR) is 94.6 cm³/mol. The van der Waals surface area contributed by atoms with Crippen molar-refractivity contribution in [1.29, 1.82) is 0 Å². The zero-order valence-corrected chi connectivity index (χ0v) is 14.3. The van der Waals surface area contributed by atoms with Gasteiger partial charge in [-0.1, -0.05) is 43.2 Å². The quantitative estimate of drug-likeness (QED) is 0.793. The minimum absolute atomic E-state index is 0.0527. The molecule has 4 heteroatoms. The van der Waals surface area contributed by atoms with Crippen molar-refractivity contribution in [3.05, 3.63) is 53.6 Å². The van der Waals surface area contributed by atoms with E-state index in [1.807, 2.05) is 42.5 Å². The number of rotatable bonds is 8. The molecule has 1 fully saturated rings. The highest BCUT2D eigenvalue weighted by Gasteiger charge is 2.27. The zero-order valence-electron chi connectivity index (χ0n) is 14.3. The van der Waals surface area contributed by atoms with Crippen LogP contribution in [0.1, 0.15) is 36.4 Å². The molecule has 0 heterocycles. The summed E-state index contributed by atoms with van der Waals surface area (Å²) in [4.78, 5) is 0. The first-order valence-electron chi connectivity index (χ1n) is 8.39. The molecule has 1 aliphatic rings. The number of methoxy groups -OCH3 is 2. The molecule has 0 aromatic heterocycles. The monoisotopic (exact) mass is 327 g/mol. The summed E-state index contributed by atoms with van der Waals surface area (Å²) >= 11 is 0. The summed E-state index contributed by atoms with van der Waals surface area (Å²) in [5, 5.41) is 0. The average Bonchev–Trinajstić information content (AvgIpc) is 3.43. The van der Waals surface area contributed by atoms with Gasteiger partial charge in [-0.3, -0.25) is 0 Å². The van der Waals surface area contributed by atoms with Crippen molar-refractivity contribution >= 4 is 0 Å². The molecule has 0 spiro atoms. The van der Waals surface area contributed by atoms with E-state index in [1.165, 1.54) is 12.8 Å². The molecular weight excluding hydrogens is 302 g/mol. The van der Waals surface area contributed by atoms with Crippen LogP contribution in [0.5, 0.6) is 17.2 Å². The fraction of sp³-hybridized carbons (Fsp3) is 0.400. The molecule has 3 rings (SSSR count). The maximum Gasteiger partial charge on any atom is 0.164 e. The van der Waals surface area contributed by atoms with Crippen LogP contribution in [0.25, 0.3) is 0 Å². The maximum absolute atomic E-state index is 6.44. The highest BCUT2D eigenvalue weighted by Crippen LogP contribution is 2.42. The Labute approximate surface area is 143 Å². The van der Waals surface area contributed by atoms with E-state index in [0.717, 1.165) is 29.2 Å². The maximum atomic E-state index is 6.44. The van der Waals surface area contributed by atoms with Gasteiger partial charge in [-0.25, -0.2) is 0 Å². The molecule has 0 aliphatic heterocycles. The van der Waals surface area contributed by atoms with Gasteiger partial charge >= 0.3 is 0 Å². The molecule has 2 aromatic carbocycles. The molecular formula is C20H25NO3. The SMILES string of the molecule is COc1cc(OCc2ccccc2)c([C@H](N)CC2CC2)cc1OC. The second-order valence-corrected chi connectivity index (χ2v) is 6.30. The van der Waals surface area contributed by atoms with E-state index in [-0.39, 0.29) is 6.04 Å². The lowest BCUT2D eigenvalue weighted by atomic mass is 10.00. The molecule has 128 valence electrons. The van der Waals surface area contributed by atoms with Crippen LogP contribution < -0.4 is 19.9 Å². The van der Waals surface area contributed by atoms with Crippen LogP contribution in [0.2, 0.25) is 0 Å². The molecule has 0 radical (unpaired) electrons. The zero-order chi connectivity index (χ0) is 16.9. The second-order valence-electron chi connectivity index (χ2n) is 6.30. The van der Waals surface area contributed by atoms with Crippen molar-refractivity contribution in [2.24, 2.45) is 11.7 Å². The lowest BCUT2D eigenvalue weighted by molar-refractivity contribution is 0.294. The topological polar surface area (TPSA) is 53.7 Å².